The fourth-order valence-electron chi connectivity index (χ4n) is 2.89. The third-order valence-electron chi connectivity index (χ3n) is 3.83. The van der Waals surface area contributed by atoms with Crippen molar-refractivity contribution in [2.75, 3.05) is 19.6 Å². The minimum absolute atomic E-state index is 0. The molecule has 0 spiro atoms. The number of hydrogen-bond acceptors (Lipinski definition) is 3. The molecule has 19 heavy (non-hydrogen) atoms. The van der Waals surface area contributed by atoms with Crippen molar-refractivity contribution >= 4 is 52.9 Å². The van der Waals surface area contributed by atoms with Crippen LogP contribution in [0, 0.1) is 5.92 Å². The van der Waals surface area contributed by atoms with Crippen LogP contribution in [0.15, 0.2) is 6.07 Å². The average Bonchev–Trinajstić information content (AvgIpc) is 2.93. The predicted octanol–water partition coefficient (Wildman–Crippen LogP) is 3.30. The maximum Gasteiger partial charge on any atom is 0.256 e. The van der Waals surface area contributed by atoms with Gasteiger partial charge in [0, 0.05) is 19.1 Å². The van der Waals surface area contributed by atoms with E-state index in [1.54, 1.807) is 6.07 Å². The van der Waals surface area contributed by atoms with Crippen LogP contribution in [0.2, 0.25) is 8.67 Å². The van der Waals surface area contributed by atoms with Crippen LogP contribution in [0.25, 0.3) is 0 Å². The van der Waals surface area contributed by atoms with Gasteiger partial charge in [-0.15, -0.1) is 23.7 Å². The molecule has 3 nitrogen and oxygen atoms in total. The zero-order chi connectivity index (χ0) is 12.7. The molecule has 7 heteroatoms. The summed E-state index contributed by atoms with van der Waals surface area (Å²) in [4.78, 5) is 14.3. The average molecular weight is 342 g/mol. The van der Waals surface area contributed by atoms with Crippen LogP contribution in [0.4, 0.5) is 0 Å². The second kappa shape index (κ2) is 6.19. The summed E-state index contributed by atoms with van der Waals surface area (Å²) in [5.41, 5.74) is 0.552. The van der Waals surface area contributed by atoms with Crippen molar-refractivity contribution in [2.45, 2.75) is 18.9 Å². The molecule has 1 N–H and O–H groups in total. The highest BCUT2D eigenvalue weighted by molar-refractivity contribution is 7.20. The lowest BCUT2D eigenvalue weighted by atomic mass is 9.93. The Bertz CT molecular complexity index is 480. The monoisotopic (exact) mass is 340 g/mol. The van der Waals surface area contributed by atoms with Gasteiger partial charge in [0.15, 0.2) is 0 Å². The van der Waals surface area contributed by atoms with Gasteiger partial charge in [-0.3, -0.25) is 4.79 Å². The zero-order valence-corrected chi connectivity index (χ0v) is 13.3. The largest absolute Gasteiger partial charge is 0.338 e. The van der Waals surface area contributed by atoms with E-state index >= 15 is 0 Å². The van der Waals surface area contributed by atoms with E-state index in [1.165, 1.54) is 11.3 Å². The number of rotatable bonds is 1. The van der Waals surface area contributed by atoms with Crippen LogP contribution in [0.5, 0.6) is 0 Å². The fraction of sp³-hybridized carbons (Fsp3) is 0.583. The zero-order valence-electron chi connectivity index (χ0n) is 10.2. The number of hydrogen-bond donors (Lipinski definition) is 1. The molecule has 2 unspecified atom stereocenters. The Balaban J connectivity index is 0.00000133. The number of halogens is 3. The maximum absolute atomic E-state index is 12.4. The minimum atomic E-state index is 0. The first-order valence-electron chi connectivity index (χ1n) is 6.12. The van der Waals surface area contributed by atoms with Gasteiger partial charge in [0.05, 0.1) is 9.90 Å². The highest BCUT2D eigenvalue weighted by Crippen LogP contribution is 2.33. The molecule has 0 aliphatic carbocycles. The van der Waals surface area contributed by atoms with E-state index < -0.39 is 0 Å². The van der Waals surface area contributed by atoms with Crippen LogP contribution in [-0.4, -0.2) is 36.5 Å². The maximum atomic E-state index is 12.4. The summed E-state index contributed by atoms with van der Waals surface area (Å²) < 4.78 is 1.07. The second-order valence-corrected chi connectivity index (χ2v) is 7.17. The van der Waals surface area contributed by atoms with Crippen molar-refractivity contribution in [3.8, 4) is 0 Å². The second-order valence-electron chi connectivity index (χ2n) is 4.89. The Labute approximate surface area is 132 Å². The van der Waals surface area contributed by atoms with Gasteiger partial charge in [-0.2, -0.15) is 0 Å². The van der Waals surface area contributed by atoms with Crippen LogP contribution in [0.3, 0.4) is 0 Å². The quantitative estimate of drug-likeness (QED) is 0.850. The molecule has 2 aliphatic heterocycles. The molecule has 2 aliphatic rings. The van der Waals surface area contributed by atoms with Crippen molar-refractivity contribution in [1.82, 2.24) is 10.2 Å². The third-order valence-corrected chi connectivity index (χ3v) is 5.32. The molecule has 0 aromatic carbocycles. The van der Waals surface area contributed by atoms with E-state index in [9.17, 15) is 4.79 Å². The molecule has 3 rings (SSSR count). The number of carbonyl (C=O) groups excluding carboxylic acids is 1. The Hall–Kier alpha value is -0.000000000000000104. The van der Waals surface area contributed by atoms with Gasteiger partial charge in [-0.25, -0.2) is 0 Å². The van der Waals surface area contributed by atoms with E-state index in [4.69, 9.17) is 23.2 Å². The highest BCUT2D eigenvalue weighted by atomic mass is 35.5. The Kier molecular flexibility index (Phi) is 5.01. The van der Waals surface area contributed by atoms with Crippen LogP contribution in [-0.2, 0) is 0 Å². The molecular weight excluding hydrogens is 327 g/mol. The van der Waals surface area contributed by atoms with Gasteiger partial charge < -0.3 is 10.2 Å². The lowest BCUT2D eigenvalue weighted by molar-refractivity contribution is 0.0663. The molecule has 1 aromatic rings. The SMILES string of the molecule is Cl.O=C(c1cc(Cl)sc1Cl)N1CCC2NCCC2C1. The molecule has 0 radical (unpaired) electrons. The van der Waals surface area contributed by atoms with Gasteiger partial charge in [0.1, 0.15) is 4.34 Å². The van der Waals surface area contributed by atoms with Gasteiger partial charge in [-0.1, -0.05) is 23.2 Å². The lowest BCUT2D eigenvalue weighted by Gasteiger charge is -2.34. The summed E-state index contributed by atoms with van der Waals surface area (Å²) in [6.07, 6.45) is 2.19. The molecule has 2 fully saturated rings. The van der Waals surface area contributed by atoms with Crippen molar-refractivity contribution in [3.05, 3.63) is 20.3 Å². The third kappa shape index (κ3) is 3.03. The number of amides is 1. The summed E-state index contributed by atoms with van der Waals surface area (Å²) in [5, 5.41) is 3.49. The number of carbonyl (C=O) groups is 1. The smallest absolute Gasteiger partial charge is 0.256 e. The number of fused-ring (bicyclic) bond motifs is 1. The number of piperidine rings is 1. The molecule has 0 saturated carbocycles. The van der Waals surface area contributed by atoms with Crippen molar-refractivity contribution in [2.24, 2.45) is 5.92 Å². The molecule has 1 amide bonds. The number of nitrogens with one attached hydrogen (secondary N) is 1. The number of thiophene rings is 1. The van der Waals surface area contributed by atoms with E-state index in [-0.39, 0.29) is 18.3 Å². The number of likely N-dealkylation sites (tertiary alicyclic amines) is 1. The van der Waals surface area contributed by atoms with Crippen LogP contribution in [0.1, 0.15) is 23.2 Å². The standard InChI is InChI=1S/C12H14Cl2N2OS.ClH/c13-10-5-8(11(14)18-10)12(17)16-4-2-9-7(6-16)1-3-15-9;/h5,7,9,15H,1-4,6H2;1H. The summed E-state index contributed by atoms with van der Waals surface area (Å²) >= 11 is 13.2. The van der Waals surface area contributed by atoms with Gasteiger partial charge >= 0.3 is 0 Å². The van der Waals surface area contributed by atoms with Gasteiger partial charge in [0.2, 0.25) is 0 Å². The van der Waals surface area contributed by atoms with Crippen molar-refractivity contribution < 1.29 is 4.79 Å². The molecule has 106 valence electrons. The molecule has 3 heterocycles. The van der Waals surface area contributed by atoms with Gasteiger partial charge in [-0.05, 0) is 31.4 Å². The van der Waals surface area contributed by atoms with Crippen LogP contribution < -0.4 is 5.32 Å². The Morgan fingerprint density at radius 3 is 2.89 bits per heavy atom. The normalized spacial score (nSPS) is 25.9. The lowest BCUT2D eigenvalue weighted by Crippen LogP contribution is -2.46. The van der Waals surface area contributed by atoms with E-state index in [1.807, 2.05) is 4.90 Å². The summed E-state index contributed by atoms with van der Waals surface area (Å²) in [6, 6.07) is 2.27. The molecular formula is C12H15Cl3N2OS. The van der Waals surface area contributed by atoms with Crippen LogP contribution >= 0.6 is 46.9 Å². The molecule has 0 bridgehead atoms. The fourth-order valence-corrected chi connectivity index (χ4v) is 4.34. The van der Waals surface area contributed by atoms with Gasteiger partial charge in [0.25, 0.3) is 5.91 Å². The van der Waals surface area contributed by atoms with Crippen molar-refractivity contribution in [3.63, 3.8) is 0 Å². The summed E-state index contributed by atoms with van der Waals surface area (Å²) in [7, 11) is 0. The predicted molar refractivity (Wildman–Crippen MR) is 82.0 cm³/mol. The first-order valence-corrected chi connectivity index (χ1v) is 7.70. The Morgan fingerprint density at radius 1 is 1.42 bits per heavy atom. The summed E-state index contributed by atoms with van der Waals surface area (Å²) in [5.74, 6) is 0.615. The van der Waals surface area contributed by atoms with Crippen molar-refractivity contribution in [1.29, 1.82) is 0 Å². The highest BCUT2D eigenvalue weighted by Gasteiger charge is 2.35. The molecule has 1 aromatic heterocycles. The topological polar surface area (TPSA) is 32.3 Å². The minimum Gasteiger partial charge on any atom is -0.338 e. The van der Waals surface area contributed by atoms with E-state index in [2.05, 4.69) is 5.32 Å². The van der Waals surface area contributed by atoms with E-state index in [0.29, 0.717) is 26.2 Å². The first kappa shape index (κ1) is 15.4. The summed E-state index contributed by atoms with van der Waals surface area (Å²) in [6.45, 7) is 2.71. The van der Waals surface area contributed by atoms with E-state index in [0.717, 1.165) is 32.5 Å². The molecule has 2 atom stereocenters. The molecule has 2 saturated heterocycles. The number of nitrogens with zero attached hydrogens (tertiary/aromatic N) is 1. The Morgan fingerprint density at radius 2 is 2.21 bits per heavy atom. The first-order chi connectivity index (χ1) is 8.65.